The van der Waals surface area contributed by atoms with E-state index in [9.17, 15) is 14.9 Å². The van der Waals surface area contributed by atoms with Gasteiger partial charge in [-0.3, -0.25) is 19.3 Å². The number of aromatic nitrogens is 2. The predicted octanol–water partition coefficient (Wildman–Crippen LogP) is 3.12. The molecule has 0 radical (unpaired) electrons. The fourth-order valence-electron chi connectivity index (χ4n) is 2.21. The van der Waals surface area contributed by atoms with Gasteiger partial charge in [0.1, 0.15) is 11.4 Å². The van der Waals surface area contributed by atoms with Crippen LogP contribution in [0, 0.1) is 10.1 Å². The number of anilines is 2. The van der Waals surface area contributed by atoms with Gasteiger partial charge in [-0.15, -0.1) is 0 Å². The molecule has 1 N–H and O–H groups in total. The summed E-state index contributed by atoms with van der Waals surface area (Å²) in [7, 11) is 1.51. The summed E-state index contributed by atoms with van der Waals surface area (Å²) in [5.41, 5.74) is -0.567. The van der Waals surface area contributed by atoms with Gasteiger partial charge in [-0.05, 0) is 40.2 Å². The number of rotatable bonds is 4. The highest BCUT2D eigenvalue weighted by atomic mass is 79.9. The van der Waals surface area contributed by atoms with E-state index in [1.54, 1.807) is 36.4 Å². The molecule has 0 saturated carbocycles. The highest BCUT2D eigenvalue weighted by Gasteiger charge is 2.23. The molecule has 24 heavy (non-hydrogen) atoms. The molecule has 2 heterocycles. The van der Waals surface area contributed by atoms with Crippen LogP contribution >= 0.6 is 15.9 Å². The van der Waals surface area contributed by atoms with Crippen molar-refractivity contribution in [1.82, 2.24) is 9.38 Å². The van der Waals surface area contributed by atoms with Crippen LogP contribution in [0.4, 0.5) is 17.2 Å². The number of pyridine rings is 1. The highest BCUT2D eigenvalue weighted by Crippen LogP contribution is 2.30. The number of nitro groups is 1. The van der Waals surface area contributed by atoms with E-state index in [2.05, 4.69) is 26.2 Å². The van der Waals surface area contributed by atoms with Gasteiger partial charge in [0.2, 0.25) is 5.82 Å². The predicted molar refractivity (Wildman–Crippen MR) is 92.1 cm³/mol. The topological polar surface area (TPSA) is 98.8 Å². The Labute approximate surface area is 144 Å². The maximum absolute atomic E-state index is 12.4. The first kappa shape index (κ1) is 15.9. The number of fused-ring (bicyclic) bond motifs is 1. The van der Waals surface area contributed by atoms with Crippen LogP contribution in [0.1, 0.15) is 0 Å². The van der Waals surface area contributed by atoms with Crippen LogP contribution in [0.15, 0.2) is 51.9 Å². The largest absolute Gasteiger partial charge is 0.495 e. The van der Waals surface area contributed by atoms with Gasteiger partial charge in [0, 0.05) is 18.0 Å². The minimum absolute atomic E-state index is 0.124. The lowest BCUT2D eigenvalue weighted by atomic mass is 10.3. The van der Waals surface area contributed by atoms with Crippen LogP contribution in [0.25, 0.3) is 5.65 Å². The van der Waals surface area contributed by atoms with Crippen molar-refractivity contribution < 1.29 is 9.66 Å². The first-order valence-corrected chi connectivity index (χ1v) is 7.57. The molecule has 0 unspecified atom stereocenters. The van der Waals surface area contributed by atoms with E-state index in [0.717, 1.165) is 8.87 Å². The van der Waals surface area contributed by atoms with Gasteiger partial charge in [0.25, 0.3) is 0 Å². The molecule has 122 valence electrons. The number of halogens is 1. The Hall–Kier alpha value is -2.94. The molecule has 0 atom stereocenters. The Balaban J connectivity index is 2.17. The zero-order chi connectivity index (χ0) is 17.3. The molecule has 0 bridgehead atoms. The molecule has 0 saturated heterocycles. The molecule has 0 aliphatic rings. The fourth-order valence-corrected chi connectivity index (χ4v) is 2.61. The van der Waals surface area contributed by atoms with Gasteiger partial charge in [-0.25, -0.2) is 4.98 Å². The molecule has 9 heteroatoms. The third kappa shape index (κ3) is 2.81. The summed E-state index contributed by atoms with van der Waals surface area (Å²) in [6.07, 6.45) is 1.43. The quantitative estimate of drug-likeness (QED) is 0.542. The van der Waals surface area contributed by atoms with Crippen molar-refractivity contribution in [3.8, 4) is 5.75 Å². The Kier molecular flexibility index (Phi) is 4.17. The Morgan fingerprint density at radius 1 is 1.33 bits per heavy atom. The van der Waals surface area contributed by atoms with E-state index in [1.165, 1.54) is 13.3 Å². The van der Waals surface area contributed by atoms with E-state index >= 15 is 0 Å². The lowest BCUT2D eigenvalue weighted by Crippen LogP contribution is -2.20. The summed E-state index contributed by atoms with van der Waals surface area (Å²) in [5.74, 6) is 0.417. The molecule has 0 spiro atoms. The summed E-state index contributed by atoms with van der Waals surface area (Å²) >= 11 is 3.33. The Morgan fingerprint density at radius 2 is 2.12 bits per heavy atom. The average molecular weight is 391 g/mol. The number of benzene rings is 1. The number of hydrogen-bond donors (Lipinski definition) is 1. The zero-order valence-electron chi connectivity index (χ0n) is 12.4. The van der Waals surface area contributed by atoms with Crippen molar-refractivity contribution in [3.05, 3.63) is 67.5 Å². The smallest absolute Gasteiger partial charge is 0.376 e. The van der Waals surface area contributed by atoms with E-state index in [4.69, 9.17) is 4.74 Å². The number of nitrogens with zero attached hydrogens (tertiary/aromatic N) is 3. The molecule has 0 aliphatic carbocycles. The summed E-state index contributed by atoms with van der Waals surface area (Å²) in [6, 6.07) is 9.94. The van der Waals surface area contributed by atoms with Gasteiger partial charge in [0.05, 0.1) is 16.5 Å². The summed E-state index contributed by atoms with van der Waals surface area (Å²) < 4.78 is 7.05. The van der Waals surface area contributed by atoms with Crippen molar-refractivity contribution >= 4 is 38.8 Å². The van der Waals surface area contributed by atoms with Crippen molar-refractivity contribution in [1.29, 1.82) is 0 Å². The average Bonchev–Trinajstić information content (AvgIpc) is 2.56. The Morgan fingerprint density at radius 3 is 2.83 bits per heavy atom. The van der Waals surface area contributed by atoms with Crippen molar-refractivity contribution in [2.45, 2.75) is 0 Å². The lowest BCUT2D eigenvalue weighted by molar-refractivity contribution is -0.385. The number of ether oxygens (including phenoxy) is 1. The van der Waals surface area contributed by atoms with E-state index in [0.29, 0.717) is 17.1 Å². The minimum Gasteiger partial charge on any atom is -0.495 e. The first-order chi connectivity index (χ1) is 11.5. The van der Waals surface area contributed by atoms with Crippen LogP contribution in [0.2, 0.25) is 0 Å². The lowest BCUT2D eigenvalue weighted by Gasteiger charge is -2.10. The van der Waals surface area contributed by atoms with Crippen LogP contribution in [0.3, 0.4) is 0 Å². The third-order valence-electron chi connectivity index (χ3n) is 3.31. The second-order valence-electron chi connectivity index (χ2n) is 4.77. The monoisotopic (exact) mass is 390 g/mol. The van der Waals surface area contributed by atoms with Crippen LogP contribution in [-0.2, 0) is 0 Å². The molecule has 0 amide bonds. The van der Waals surface area contributed by atoms with Gasteiger partial charge in [-0.1, -0.05) is 6.07 Å². The van der Waals surface area contributed by atoms with E-state index in [-0.39, 0.29) is 5.82 Å². The van der Waals surface area contributed by atoms with Gasteiger partial charge >= 0.3 is 11.2 Å². The second-order valence-corrected chi connectivity index (χ2v) is 5.63. The van der Waals surface area contributed by atoms with Crippen LogP contribution < -0.4 is 15.6 Å². The number of methoxy groups -OCH3 is 1. The fraction of sp³-hybridized carbons (Fsp3) is 0.0667. The number of nitrogens with one attached hydrogen (secondary N) is 1. The van der Waals surface area contributed by atoms with Crippen molar-refractivity contribution in [2.75, 3.05) is 12.4 Å². The zero-order valence-corrected chi connectivity index (χ0v) is 14.0. The number of hydrogen-bond acceptors (Lipinski definition) is 6. The standard InChI is InChI=1S/C15H11BrN4O4/c1-24-11-8-9(5-6-10(11)16)17-14-13(20(22)23)15(21)19-7-3-2-4-12(19)18-14/h2-8,17H,1H3. The molecule has 3 rings (SSSR count). The molecular formula is C15H11BrN4O4. The third-order valence-corrected chi connectivity index (χ3v) is 3.96. The first-order valence-electron chi connectivity index (χ1n) is 6.77. The highest BCUT2D eigenvalue weighted by molar-refractivity contribution is 9.10. The molecular weight excluding hydrogens is 380 g/mol. The Bertz CT molecular complexity index is 1000. The molecule has 1 aromatic carbocycles. The van der Waals surface area contributed by atoms with Gasteiger partial charge in [0.15, 0.2) is 0 Å². The van der Waals surface area contributed by atoms with Crippen LogP contribution in [0.5, 0.6) is 5.75 Å². The van der Waals surface area contributed by atoms with Gasteiger partial charge < -0.3 is 10.1 Å². The second kappa shape index (κ2) is 6.28. The molecule has 0 aliphatic heterocycles. The maximum Gasteiger partial charge on any atom is 0.376 e. The molecule has 0 fully saturated rings. The van der Waals surface area contributed by atoms with Crippen LogP contribution in [-0.4, -0.2) is 21.4 Å². The van der Waals surface area contributed by atoms with E-state index in [1.807, 2.05) is 0 Å². The normalized spacial score (nSPS) is 10.6. The van der Waals surface area contributed by atoms with Crippen molar-refractivity contribution in [3.63, 3.8) is 0 Å². The summed E-state index contributed by atoms with van der Waals surface area (Å²) in [4.78, 5) is 27.1. The summed E-state index contributed by atoms with van der Waals surface area (Å²) in [5, 5.41) is 14.2. The van der Waals surface area contributed by atoms with E-state index < -0.39 is 16.2 Å². The summed E-state index contributed by atoms with van der Waals surface area (Å²) in [6.45, 7) is 0. The van der Waals surface area contributed by atoms with Crippen molar-refractivity contribution in [2.24, 2.45) is 0 Å². The molecule has 8 nitrogen and oxygen atoms in total. The molecule has 2 aromatic heterocycles. The minimum atomic E-state index is -0.753. The molecule has 3 aromatic rings. The maximum atomic E-state index is 12.4. The van der Waals surface area contributed by atoms with Gasteiger partial charge in [-0.2, -0.15) is 0 Å². The SMILES string of the molecule is COc1cc(Nc2nc3ccccn3c(=O)c2[N+](=O)[O-])ccc1Br.